The van der Waals surface area contributed by atoms with Crippen LogP contribution < -0.4 is 5.32 Å². The molecule has 1 aliphatic rings. The number of fused-ring (bicyclic) bond motifs is 1. The highest BCUT2D eigenvalue weighted by Crippen LogP contribution is 2.23. The fourth-order valence-electron chi connectivity index (χ4n) is 1.91. The van der Waals surface area contributed by atoms with Gasteiger partial charge in [0.05, 0.1) is 17.1 Å². The largest absolute Gasteiger partial charge is 0.341 e. The Balaban J connectivity index is 1.97. The Labute approximate surface area is 103 Å². The minimum atomic E-state index is 0.338. The predicted octanol–water partition coefficient (Wildman–Crippen LogP) is 2.59. The first-order valence-electron chi connectivity index (χ1n) is 5.29. The van der Waals surface area contributed by atoms with Crippen molar-refractivity contribution in [3.8, 4) is 0 Å². The van der Waals surface area contributed by atoms with Crippen LogP contribution in [-0.4, -0.2) is 28.0 Å². The number of aromatic nitrogens is 2. The van der Waals surface area contributed by atoms with E-state index in [0.717, 1.165) is 34.2 Å². The van der Waals surface area contributed by atoms with Gasteiger partial charge in [0.25, 0.3) is 0 Å². The maximum Gasteiger partial charge on any atom is 0.125 e. The van der Waals surface area contributed by atoms with Crippen molar-refractivity contribution >= 4 is 34.4 Å². The van der Waals surface area contributed by atoms with Gasteiger partial charge >= 0.3 is 0 Å². The van der Waals surface area contributed by atoms with Gasteiger partial charge in [-0.25, -0.2) is 4.98 Å². The lowest BCUT2D eigenvalue weighted by atomic mass is 10.3. The number of thioether (sulfide) groups is 1. The fraction of sp³-hybridized carbons (Fsp3) is 0.364. The third kappa shape index (κ3) is 1.93. The van der Waals surface area contributed by atoms with Crippen molar-refractivity contribution in [2.75, 3.05) is 18.1 Å². The molecule has 1 atom stereocenters. The van der Waals surface area contributed by atoms with Gasteiger partial charge in [0, 0.05) is 23.1 Å². The second kappa shape index (κ2) is 4.28. The van der Waals surface area contributed by atoms with Gasteiger partial charge in [-0.05, 0) is 18.2 Å². The van der Waals surface area contributed by atoms with E-state index in [-0.39, 0.29) is 0 Å². The van der Waals surface area contributed by atoms with Gasteiger partial charge in [0.2, 0.25) is 0 Å². The second-order valence-corrected chi connectivity index (χ2v) is 5.45. The van der Waals surface area contributed by atoms with E-state index in [4.69, 9.17) is 11.6 Å². The zero-order chi connectivity index (χ0) is 11.0. The summed E-state index contributed by atoms with van der Waals surface area (Å²) in [5.74, 6) is 3.28. The first-order valence-corrected chi connectivity index (χ1v) is 6.82. The highest BCUT2D eigenvalue weighted by molar-refractivity contribution is 7.99. The molecule has 2 heterocycles. The van der Waals surface area contributed by atoms with Crippen LogP contribution in [0.3, 0.4) is 0 Å². The Morgan fingerprint density at radius 1 is 1.44 bits per heavy atom. The lowest BCUT2D eigenvalue weighted by molar-refractivity contribution is 0.571. The molecule has 1 aliphatic heterocycles. The Morgan fingerprint density at radius 2 is 2.38 bits per heavy atom. The number of aromatic amines is 1. The van der Waals surface area contributed by atoms with Gasteiger partial charge in [-0.2, -0.15) is 11.8 Å². The molecular weight excluding hydrogens is 242 g/mol. The molecule has 0 spiro atoms. The number of hydrogen-bond acceptors (Lipinski definition) is 3. The van der Waals surface area contributed by atoms with Gasteiger partial charge in [-0.1, -0.05) is 11.6 Å². The van der Waals surface area contributed by atoms with Crippen molar-refractivity contribution < 1.29 is 0 Å². The molecule has 1 aromatic carbocycles. The summed E-state index contributed by atoms with van der Waals surface area (Å²) in [5.41, 5.74) is 2.00. The smallest absolute Gasteiger partial charge is 0.125 e. The van der Waals surface area contributed by atoms with Crippen molar-refractivity contribution in [3.05, 3.63) is 29.0 Å². The normalized spacial score (nSPS) is 21.4. The minimum Gasteiger partial charge on any atom is -0.341 e. The average molecular weight is 254 g/mol. The van der Waals surface area contributed by atoms with Gasteiger partial charge < -0.3 is 10.3 Å². The van der Waals surface area contributed by atoms with E-state index in [1.54, 1.807) is 0 Å². The zero-order valence-corrected chi connectivity index (χ0v) is 10.2. The Kier molecular flexibility index (Phi) is 2.79. The molecule has 0 bridgehead atoms. The molecule has 0 aliphatic carbocycles. The molecule has 1 aromatic heterocycles. The summed E-state index contributed by atoms with van der Waals surface area (Å²) in [6, 6.07) is 6.08. The number of rotatable bonds is 1. The van der Waals surface area contributed by atoms with Crippen LogP contribution in [0.25, 0.3) is 11.0 Å². The van der Waals surface area contributed by atoms with E-state index >= 15 is 0 Å². The zero-order valence-electron chi connectivity index (χ0n) is 8.66. The van der Waals surface area contributed by atoms with Crippen molar-refractivity contribution in [2.45, 2.75) is 6.04 Å². The molecule has 1 unspecified atom stereocenters. The summed E-state index contributed by atoms with van der Waals surface area (Å²) < 4.78 is 0. The lowest BCUT2D eigenvalue weighted by Crippen LogP contribution is -2.30. The van der Waals surface area contributed by atoms with Gasteiger partial charge in [0.1, 0.15) is 5.82 Å². The third-order valence-electron chi connectivity index (χ3n) is 2.71. The fourth-order valence-corrected chi connectivity index (χ4v) is 3.02. The van der Waals surface area contributed by atoms with Crippen molar-refractivity contribution in [1.29, 1.82) is 0 Å². The number of nitrogens with one attached hydrogen (secondary N) is 2. The summed E-state index contributed by atoms with van der Waals surface area (Å²) in [6.07, 6.45) is 0. The molecule has 3 nitrogen and oxygen atoms in total. The third-order valence-corrected chi connectivity index (χ3v) is 4.01. The molecule has 5 heteroatoms. The van der Waals surface area contributed by atoms with Crippen LogP contribution in [0.5, 0.6) is 0 Å². The summed E-state index contributed by atoms with van der Waals surface area (Å²) in [7, 11) is 0. The van der Waals surface area contributed by atoms with E-state index in [2.05, 4.69) is 15.3 Å². The summed E-state index contributed by atoms with van der Waals surface area (Å²) in [5, 5.41) is 4.21. The Hall–Kier alpha value is -0.710. The van der Waals surface area contributed by atoms with Crippen LogP contribution in [-0.2, 0) is 0 Å². The minimum absolute atomic E-state index is 0.338. The monoisotopic (exact) mass is 253 g/mol. The number of nitrogens with zero attached hydrogens (tertiary/aromatic N) is 1. The first kappa shape index (κ1) is 10.4. The molecular formula is C11H12ClN3S. The number of hydrogen-bond donors (Lipinski definition) is 2. The molecule has 1 saturated heterocycles. The lowest BCUT2D eigenvalue weighted by Gasteiger charge is -2.20. The number of H-pyrrole nitrogens is 1. The maximum atomic E-state index is 5.95. The van der Waals surface area contributed by atoms with Crippen LogP contribution in [0.2, 0.25) is 5.02 Å². The number of halogens is 1. The van der Waals surface area contributed by atoms with E-state index in [9.17, 15) is 0 Å². The highest BCUT2D eigenvalue weighted by Gasteiger charge is 2.18. The molecule has 0 amide bonds. The van der Waals surface area contributed by atoms with Gasteiger partial charge in [-0.3, -0.25) is 0 Å². The second-order valence-electron chi connectivity index (χ2n) is 3.87. The summed E-state index contributed by atoms with van der Waals surface area (Å²) in [6.45, 7) is 1.05. The SMILES string of the molecule is Clc1ccc2nc(C3CSCCN3)[nH]c2c1. The molecule has 2 aromatic rings. The van der Waals surface area contributed by atoms with Crippen LogP contribution in [0.4, 0.5) is 0 Å². The van der Waals surface area contributed by atoms with Gasteiger partial charge in [-0.15, -0.1) is 0 Å². The van der Waals surface area contributed by atoms with Crippen molar-refractivity contribution in [2.24, 2.45) is 0 Å². The van der Waals surface area contributed by atoms with Crippen molar-refractivity contribution in [3.63, 3.8) is 0 Å². The molecule has 2 N–H and O–H groups in total. The van der Waals surface area contributed by atoms with Crippen LogP contribution in [0.1, 0.15) is 11.9 Å². The van der Waals surface area contributed by atoms with Crippen LogP contribution in [0.15, 0.2) is 18.2 Å². The Bertz CT molecular complexity index is 505. The maximum absolute atomic E-state index is 5.95. The standard InChI is InChI=1S/C11H12ClN3S/c12-7-1-2-8-9(5-7)15-11(14-8)10-6-16-4-3-13-10/h1-2,5,10,13H,3-4,6H2,(H,14,15). The van der Waals surface area contributed by atoms with E-state index < -0.39 is 0 Å². The number of imidazole rings is 1. The number of benzene rings is 1. The molecule has 84 valence electrons. The van der Waals surface area contributed by atoms with E-state index in [1.165, 1.54) is 5.75 Å². The van der Waals surface area contributed by atoms with Gasteiger partial charge in [0.15, 0.2) is 0 Å². The van der Waals surface area contributed by atoms with Crippen LogP contribution >= 0.6 is 23.4 Å². The molecule has 0 radical (unpaired) electrons. The van der Waals surface area contributed by atoms with E-state index in [0.29, 0.717) is 6.04 Å². The van der Waals surface area contributed by atoms with Crippen molar-refractivity contribution in [1.82, 2.24) is 15.3 Å². The van der Waals surface area contributed by atoms with Crippen LogP contribution in [0, 0.1) is 0 Å². The topological polar surface area (TPSA) is 40.7 Å². The molecule has 3 rings (SSSR count). The summed E-state index contributed by atoms with van der Waals surface area (Å²) in [4.78, 5) is 7.92. The molecule has 16 heavy (non-hydrogen) atoms. The molecule has 0 saturated carbocycles. The predicted molar refractivity (Wildman–Crippen MR) is 69.2 cm³/mol. The van der Waals surface area contributed by atoms with E-state index in [1.807, 2.05) is 30.0 Å². The Morgan fingerprint density at radius 3 is 3.19 bits per heavy atom. The summed E-state index contributed by atoms with van der Waals surface area (Å²) >= 11 is 7.91. The first-order chi connectivity index (χ1) is 7.83. The molecule has 1 fully saturated rings. The average Bonchev–Trinajstić information content (AvgIpc) is 2.73. The quantitative estimate of drug-likeness (QED) is 0.821. The highest BCUT2D eigenvalue weighted by atomic mass is 35.5.